The van der Waals surface area contributed by atoms with Crippen molar-refractivity contribution in [1.29, 1.82) is 0 Å². The molecular formula is C16H18FNO. The first-order valence-corrected chi connectivity index (χ1v) is 6.23. The minimum absolute atomic E-state index is 0.0275. The van der Waals surface area contributed by atoms with E-state index < -0.39 is 0 Å². The van der Waals surface area contributed by atoms with Crippen LogP contribution in [0.1, 0.15) is 22.7 Å². The number of nitrogens with one attached hydrogen (secondary N) is 1. The Morgan fingerprint density at radius 2 is 1.84 bits per heavy atom. The zero-order valence-corrected chi connectivity index (χ0v) is 11.4. The van der Waals surface area contributed by atoms with Gasteiger partial charge in [0.1, 0.15) is 11.6 Å². The summed E-state index contributed by atoms with van der Waals surface area (Å²) >= 11 is 0. The summed E-state index contributed by atoms with van der Waals surface area (Å²) in [7, 11) is 3.53. The summed E-state index contributed by atoms with van der Waals surface area (Å²) in [6, 6.07) is 12.6. The molecule has 1 unspecified atom stereocenters. The molecule has 3 heteroatoms. The molecule has 0 aromatic heterocycles. The minimum Gasteiger partial charge on any atom is -0.496 e. The molecule has 0 saturated carbocycles. The van der Waals surface area contributed by atoms with Gasteiger partial charge in [-0.2, -0.15) is 0 Å². The van der Waals surface area contributed by atoms with Crippen LogP contribution in [0.4, 0.5) is 4.39 Å². The smallest absolute Gasteiger partial charge is 0.123 e. The molecule has 0 heterocycles. The van der Waals surface area contributed by atoms with Crippen molar-refractivity contribution in [3.8, 4) is 5.75 Å². The first-order valence-electron chi connectivity index (χ1n) is 6.23. The van der Waals surface area contributed by atoms with E-state index in [2.05, 4.69) is 11.4 Å². The summed E-state index contributed by atoms with van der Waals surface area (Å²) < 4.78 is 18.6. The van der Waals surface area contributed by atoms with Crippen molar-refractivity contribution in [2.24, 2.45) is 0 Å². The van der Waals surface area contributed by atoms with Crippen LogP contribution in [0.3, 0.4) is 0 Å². The number of benzene rings is 2. The maximum absolute atomic E-state index is 13.3. The Kier molecular flexibility index (Phi) is 4.17. The quantitative estimate of drug-likeness (QED) is 0.908. The summed E-state index contributed by atoms with van der Waals surface area (Å²) in [5, 5.41) is 3.22. The van der Waals surface area contributed by atoms with E-state index >= 15 is 0 Å². The van der Waals surface area contributed by atoms with E-state index in [1.807, 2.05) is 32.2 Å². The maximum atomic E-state index is 13.3. The van der Waals surface area contributed by atoms with E-state index in [-0.39, 0.29) is 11.9 Å². The third-order valence-electron chi connectivity index (χ3n) is 3.22. The van der Waals surface area contributed by atoms with E-state index in [9.17, 15) is 4.39 Å². The molecule has 2 nitrogen and oxygen atoms in total. The average Bonchev–Trinajstić information content (AvgIpc) is 2.40. The summed E-state index contributed by atoms with van der Waals surface area (Å²) in [5.41, 5.74) is 3.06. The molecule has 2 rings (SSSR count). The fourth-order valence-corrected chi connectivity index (χ4v) is 2.29. The Hall–Kier alpha value is -1.87. The molecule has 0 aliphatic carbocycles. The van der Waals surface area contributed by atoms with Crippen molar-refractivity contribution in [3.05, 3.63) is 65.0 Å². The van der Waals surface area contributed by atoms with Crippen LogP contribution in [-0.4, -0.2) is 14.2 Å². The first-order chi connectivity index (χ1) is 9.15. The molecule has 0 aliphatic rings. The highest BCUT2D eigenvalue weighted by Gasteiger charge is 2.13. The molecule has 0 amide bonds. The van der Waals surface area contributed by atoms with Gasteiger partial charge >= 0.3 is 0 Å². The Balaban J connectivity index is 2.39. The summed E-state index contributed by atoms with van der Waals surface area (Å²) in [4.78, 5) is 0. The first kappa shape index (κ1) is 13.6. The van der Waals surface area contributed by atoms with Crippen molar-refractivity contribution in [1.82, 2.24) is 5.32 Å². The van der Waals surface area contributed by atoms with Gasteiger partial charge in [-0.05, 0) is 48.9 Å². The number of hydrogen-bond acceptors (Lipinski definition) is 2. The lowest BCUT2D eigenvalue weighted by molar-refractivity contribution is 0.411. The van der Waals surface area contributed by atoms with Gasteiger partial charge in [-0.3, -0.25) is 0 Å². The summed E-state index contributed by atoms with van der Waals surface area (Å²) in [6.07, 6.45) is 0. The molecule has 2 aromatic carbocycles. The second-order valence-electron chi connectivity index (χ2n) is 4.51. The molecular weight excluding hydrogens is 241 g/mol. The Morgan fingerprint density at radius 3 is 2.42 bits per heavy atom. The standard InChI is InChI=1S/C16H18FNO/c1-11-9-13(7-8-15(11)19-3)16(18-2)12-5-4-6-14(17)10-12/h4-10,16,18H,1-3H3. The second kappa shape index (κ2) is 5.85. The molecule has 0 fully saturated rings. The largest absolute Gasteiger partial charge is 0.496 e. The Morgan fingerprint density at radius 1 is 1.11 bits per heavy atom. The summed E-state index contributed by atoms with van der Waals surface area (Å²) in [6.45, 7) is 2.00. The lowest BCUT2D eigenvalue weighted by atomic mass is 9.97. The number of ether oxygens (including phenoxy) is 1. The minimum atomic E-state index is -0.219. The van der Waals surface area contributed by atoms with Crippen molar-refractivity contribution < 1.29 is 9.13 Å². The van der Waals surface area contributed by atoms with Crippen LogP contribution < -0.4 is 10.1 Å². The molecule has 2 aromatic rings. The predicted molar refractivity (Wildman–Crippen MR) is 75.0 cm³/mol. The molecule has 1 N–H and O–H groups in total. The van der Waals surface area contributed by atoms with Crippen LogP contribution >= 0.6 is 0 Å². The third kappa shape index (κ3) is 2.93. The van der Waals surface area contributed by atoms with Crippen molar-refractivity contribution in [2.45, 2.75) is 13.0 Å². The van der Waals surface area contributed by atoms with Crippen molar-refractivity contribution in [2.75, 3.05) is 14.2 Å². The summed E-state index contributed by atoms with van der Waals surface area (Å²) in [5.74, 6) is 0.640. The highest BCUT2D eigenvalue weighted by Crippen LogP contribution is 2.26. The van der Waals surface area contributed by atoms with E-state index in [4.69, 9.17) is 4.74 Å². The maximum Gasteiger partial charge on any atom is 0.123 e. The fourth-order valence-electron chi connectivity index (χ4n) is 2.29. The molecule has 100 valence electrons. The van der Waals surface area contributed by atoms with Gasteiger partial charge in [-0.15, -0.1) is 0 Å². The highest BCUT2D eigenvalue weighted by atomic mass is 19.1. The second-order valence-corrected chi connectivity index (χ2v) is 4.51. The number of methoxy groups -OCH3 is 1. The zero-order chi connectivity index (χ0) is 13.8. The van der Waals surface area contributed by atoms with Crippen LogP contribution in [0.15, 0.2) is 42.5 Å². The Labute approximate surface area is 113 Å². The van der Waals surface area contributed by atoms with Gasteiger partial charge in [-0.1, -0.05) is 24.3 Å². The molecule has 0 spiro atoms. The average molecular weight is 259 g/mol. The van der Waals surface area contributed by atoms with Crippen molar-refractivity contribution in [3.63, 3.8) is 0 Å². The molecule has 0 radical (unpaired) electrons. The normalized spacial score (nSPS) is 12.2. The SMILES string of the molecule is CNC(c1cccc(F)c1)c1ccc(OC)c(C)c1. The van der Waals surface area contributed by atoms with Gasteiger partial charge in [0.2, 0.25) is 0 Å². The zero-order valence-electron chi connectivity index (χ0n) is 11.4. The number of halogens is 1. The van der Waals surface area contributed by atoms with Crippen LogP contribution in [0.2, 0.25) is 0 Å². The van der Waals surface area contributed by atoms with Crippen molar-refractivity contribution >= 4 is 0 Å². The molecule has 0 aliphatic heterocycles. The van der Waals surface area contributed by atoms with Crippen LogP contribution in [0.5, 0.6) is 5.75 Å². The van der Waals surface area contributed by atoms with Crippen LogP contribution in [0, 0.1) is 12.7 Å². The van der Waals surface area contributed by atoms with Gasteiger partial charge < -0.3 is 10.1 Å². The number of hydrogen-bond donors (Lipinski definition) is 1. The fraction of sp³-hybridized carbons (Fsp3) is 0.250. The monoisotopic (exact) mass is 259 g/mol. The lowest BCUT2D eigenvalue weighted by Crippen LogP contribution is -2.17. The lowest BCUT2D eigenvalue weighted by Gasteiger charge is -2.18. The van der Waals surface area contributed by atoms with Gasteiger partial charge in [0.15, 0.2) is 0 Å². The van der Waals surface area contributed by atoms with Crippen LogP contribution in [0.25, 0.3) is 0 Å². The highest BCUT2D eigenvalue weighted by molar-refractivity contribution is 5.40. The number of aryl methyl sites for hydroxylation is 1. The van der Waals surface area contributed by atoms with Crippen LogP contribution in [-0.2, 0) is 0 Å². The molecule has 0 bridgehead atoms. The molecule has 1 atom stereocenters. The van der Waals surface area contributed by atoms with Gasteiger partial charge in [0, 0.05) is 0 Å². The van der Waals surface area contributed by atoms with Gasteiger partial charge in [0.25, 0.3) is 0 Å². The van der Waals surface area contributed by atoms with E-state index in [0.717, 1.165) is 22.4 Å². The molecule has 0 saturated heterocycles. The Bertz CT molecular complexity index is 568. The molecule has 19 heavy (non-hydrogen) atoms. The van der Waals surface area contributed by atoms with Gasteiger partial charge in [0.05, 0.1) is 13.2 Å². The van der Waals surface area contributed by atoms with E-state index in [1.165, 1.54) is 6.07 Å². The number of rotatable bonds is 4. The van der Waals surface area contributed by atoms with E-state index in [1.54, 1.807) is 19.2 Å². The topological polar surface area (TPSA) is 21.3 Å². The third-order valence-corrected chi connectivity index (χ3v) is 3.22. The predicted octanol–water partition coefficient (Wildman–Crippen LogP) is 3.45. The van der Waals surface area contributed by atoms with Gasteiger partial charge in [-0.25, -0.2) is 4.39 Å². The van der Waals surface area contributed by atoms with E-state index in [0.29, 0.717) is 0 Å².